The summed E-state index contributed by atoms with van der Waals surface area (Å²) in [6, 6.07) is 0.392. The molecule has 2 amide bonds. The standard InChI is InChI=1S/C13H21N3O2/c17-12-7-11(13(18)15-12)16-5-3-10(4-6-16)14-8-9-1-2-9/h9-11,14H,1-8H2,(H,15,17,18). The van der Waals surface area contributed by atoms with Crippen molar-refractivity contribution >= 4 is 11.8 Å². The van der Waals surface area contributed by atoms with Gasteiger partial charge in [0.2, 0.25) is 11.8 Å². The van der Waals surface area contributed by atoms with E-state index in [2.05, 4.69) is 15.5 Å². The molecule has 2 heterocycles. The summed E-state index contributed by atoms with van der Waals surface area (Å²) < 4.78 is 0. The van der Waals surface area contributed by atoms with Crippen molar-refractivity contribution in [1.29, 1.82) is 0 Å². The second-order valence-corrected chi connectivity index (χ2v) is 5.79. The molecule has 1 saturated carbocycles. The van der Waals surface area contributed by atoms with Crippen molar-refractivity contribution in [1.82, 2.24) is 15.5 Å². The number of piperidine rings is 1. The summed E-state index contributed by atoms with van der Waals surface area (Å²) in [4.78, 5) is 24.9. The molecule has 0 bridgehead atoms. The fourth-order valence-corrected chi connectivity index (χ4v) is 2.91. The number of imide groups is 1. The Kier molecular flexibility index (Phi) is 3.35. The average Bonchev–Trinajstić information content (AvgIpc) is 3.13. The molecule has 5 nitrogen and oxygen atoms in total. The molecule has 0 radical (unpaired) electrons. The largest absolute Gasteiger partial charge is 0.314 e. The quantitative estimate of drug-likeness (QED) is 0.683. The van der Waals surface area contributed by atoms with Gasteiger partial charge in [0.25, 0.3) is 0 Å². The van der Waals surface area contributed by atoms with E-state index in [1.54, 1.807) is 0 Å². The minimum Gasteiger partial charge on any atom is -0.314 e. The zero-order chi connectivity index (χ0) is 12.5. The van der Waals surface area contributed by atoms with Crippen LogP contribution in [0.3, 0.4) is 0 Å². The Morgan fingerprint density at radius 1 is 1.17 bits per heavy atom. The van der Waals surface area contributed by atoms with Gasteiger partial charge in [-0.15, -0.1) is 0 Å². The molecule has 1 unspecified atom stereocenters. The second-order valence-electron chi connectivity index (χ2n) is 5.79. The molecule has 3 aliphatic rings. The van der Waals surface area contributed by atoms with Crippen LogP contribution in [0.5, 0.6) is 0 Å². The highest BCUT2D eigenvalue weighted by Crippen LogP contribution is 2.28. The van der Waals surface area contributed by atoms with E-state index in [0.29, 0.717) is 12.5 Å². The molecule has 0 aromatic rings. The van der Waals surface area contributed by atoms with Crippen LogP contribution in [0.2, 0.25) is 0 Å². The van der Waals surface area contributed by atoms with Crippen LogP contribution in [0.15, 0.2) is 0 Å². The van der Waals surface area contributed by atoms with Gasteiger partial charge in [-0.25, -0.2) is 0 Å². The van der Waals surface area contributed by atoms with Crippen LogP contribution in [0.25, 0.3) is 0 Å². The van der Waals surface area contributed by atoms with Crippen LogP contribution in [0.4, 0.5) is 0 Å². The van der Waals surface area contributed by atoms with E-state index in [4.69, 9.17) is 0 Å². The van der Waals surface area contributed by atoms with E-state index in [-0.39, 0.29) is 17.9 Å². The lowest BCUT2D eigenvalue weighted by atomic mass is 10.0. The summed E-state index contributed by atoms with van der Waals surface area (Å²) in [7, 11) is 0. The van der Waals surface area contributed by atoms with Gasteiger partial charge in [0.1, 0.15) is 0 Å². The number of likely N-dealkylation sites (tertiary alicyclic amines) is 1. The molecule has 2 aliphatic heterocycles. The number of nitrogens with zero attached hydrogens (tertiary/aromatic N) is 1. The molecular weight excluding hydrogens is 230 g/mol. The van der Waals surface area contributed by atoms with Crippen LogP contribution >= 0.6 is 0 Å². The number of carbonyl (C=O) groups excluding carboxylic acids is 2. The first-order valence-corrected chi connectivity index (χ1v) is 7.03. The molecule has 1 aliphatic carbocycles. The molecule has 2 saturated heterocycles. The monoisotopic (exact) mass is 251 g/mol. The molecule has 18 heavy (non-hydrogen) atoms. The van der Waals surface area contributed by atoms with Crippen LogP contribution in [0, 0.1) is 5.92 Å². The molecule has 3 rings (SSSR count). The summed E-state index contributed by atoms with van der Waals surface area (Å²) in [5.41, 5.74) is 0. The lowest BCUT2D eigenvalue weighted by Crippen LogP contribution is -2.49. The normalized spacial score (nSPS) is 30.8. The Morgan fingerprint density at radius 3 is 2.44 bits per heavy atom. The Hall–Kier alpha value is -0.940. The highest BCUT2D eigenvalue weighted by Gasteiger charge is 2.36. The van der Waals surface area contributed by atoms with Gasteiger partial charge in [-0.3, -0.25) is 19.8 Å². The van der Waals surface area contributed by atoms with Crippen molar-refractivity contribution in [3.63, 3.8) is 0 Å². The van der Waals surface area contributed by atoms with Gasteiger partial charge in [-0.1, -0.05) is 0 Å². The van der Waals surface area contributed by atoms with Gasteiger partial charge < -0.3 is 5.32 Å². The second kappa shape index (κ2) is 4.97. The molecule has 100 valence electrons. The fraction of sp³-hybridized carbons (Fsp3) is 0.846. The van der Waals surface area contributed by atoms with E-state index in [1.807, 2.05) is 0 Å². The number of hydrogen-bond acceptors (Lipinski definition) is 4. The van der Waals surface area contributed by atoms with Crippen LogP contribution < -0.4 is 10.6 Å². The number of carbonyl (C=O) groups is 2. The van der Waals surface area contributed by atoms with Gasteiger partial charge in [-0.2, -0.15) is 0 Å². The summed E-state index contributed by atoms with van der Waals surface area (Å²) >= 11 is 0. The predicted molar refractivity (Wildman–Crippen MR) is 66.9 cm³/mol. The average molecular weight is 251 g/mol. The van der Waals surface area contributed by atoms with Gasteiger partial charge >= 0.3 is 0 Å². The lowest BCUT2D eigenvalue weighted by molar-refractivity contribution is -0.126. The van der Waals surface area contributed by atoms with Crippen molar-refractivity contribution in [3.05, 3.63) is 0 Å². The maximum atomic E-state index is 11.6. The third-order valence-electron chi connectivity index (χ3n) is 4.31. The van der Waals surface area contributed by atoms with Crippen molar-refractivity contribution < 1.29 is 9.59 Å². The van der Waals surface area contributed by atoms with Gasteiger partial charge in [-0.05, 0) is 38.1 Å². The highest BCUT2D eigenvalue weighted by molar-refractivity contribution is 6.05. The van der Waals surface area contributed by atoms with Gasteiger partial charge in [0.15, 0.2) is 0 Å². The first-order chi connectivity index (χ1) is 8.72. The molecule has 0 spiro atoms. The minimum atomic E-state index is -0.207. The van der Waals surface area contributed by atoms with E-state index in [1.165, 1.54) is 12.8 Å². The minimum absolute atomic E-state index is 0.107. The molecule has 2 N–H and O–H groups in total. The highest BCUT2D eigenvalue weighted by atomic mass is 16.2. The summed E-state index contributed by atoms with van der Waals surface area (Å²) in [6.45, 7) is 3.01. The van der Waals surface area contributed by atoms with Crippen molar-refractivity contribution in [2.24, 2.45) is 5.92 Å². The molecule has 0 aromatic carbocycles. The summed E-state index contributed by atoms with van der Waals surface area (Å²) in [5.74, 6) is 0.685. The third kappa shape index (κ3) is 2.72. The molecule has 1 atom stereocenters. The van der Waals surface area contributed by atoms with Gasteiger partial charge in [0.05, 0.1) is 12.5 Å². The maximum absolute atomic E-state index is 11.6. The zero-order valence-electron chi connectivity index (χ0n) is 10.7. The lowest BCUT2D eigenvalue weighted by Gasteiger charge is -2.34. The molecular formula is C13H21N3O2. The summed E-state index contributed by atoms with van der Waals surface area (Å²) in [6.07, 6.45) is 5.29. The van der Waals surface area contributed by atoms with Crippen molar-refractivity contribution in [3.8, 4) is 0 Å². The Labute approximate surface area is 107 Å². The van der Waals surface area contributed by atoms with Gasteiger partial charge in [0, 0.05) is 19.1 Å². The Balaban J connectivity index is 1.44. The van der Waals surface area contributed by atoms with E-state index < -0.39 is 0 Å². The van der Waals surface area contributed by atoms with Crippen molar-refractivity contribution in [2.45, 2.75) is 44.2 Å². The van der Waals surface area contributed by atoms with E-state index >= 15 is 0 Å². The molecule has 0 aromatic heterocycles. The van der Waals surface area contributed by atoms with E-state index in [0.717, 1.165) is 38.4 Å². The zero-order valence-corrected chi connectivity index (χ0v) is 10.7. The number of nitrogens with one attached hydrogen (secondary N) is 2. The van der Waals surface area contributed by atoms with Crippen LogP contribution in [-0.2, 0) is 9.59 Å². The Morgan fingerprint density at radius 2 is 1.89 bits per heavy atom. The number of rotatable bonds is 4. The Bertz CT molecular complexity index is 346. The number of amides is 2. The summed E-state index contributed by atoms with van der Waals surface area (Å²) in [5, 5.41) is 6.01. The topological polar surface area (TPSA) is 61.4 Å². The molecule has 3 fully saturated rings. The number of hydrogen-bond donors (Lipinski definition) is 2. The first kappa shape index (κ1) is 12.1. The first-order valence-electron chi connectivity index (χ1n) is 7.03. The smallest absolute Gasteiger partial charge is 0.244 e. The maximum Gasteiger partial charge on any atom is 0.244 e. The van der Waals surface area contributed by atoms with Crippen molar-refractivity contribution in [2.75, 3.05) is 19.6 Å². The predicted octanol–water partition coefficient (Wildman–Crippen LogP) is -0.134. The third-order valence-corrected chi connectivity index (χ3v) is 4.31. The fourth-order valence-electron chi connectivity index (χ4n) is 2.91. The van der Waals surface area contributed by atoms with Crippen LogP contribution in [0.1, 0.15) is 32.1 Å². The molecule has 5 heteroatoms. The SMILES string of the molecule is O=C1CC(N2CCC(NCC3CC3)CC2)C(=O)N1. The van der Waals surface area contributed by atoms with Crippen LogP contribution in [-0.4, -0.2) is 48.4 Å². The van der Waals surface area contributed by atoms with E-state index in [9.17, 15) is 9.59 Å².